The zero-order chi connectivity index (χ0) is 11.4. The van der Waals surface area contributed by atoms with Crippen LogP contribution in [0.2, 0.25) is 0 Å². The molecule has 0 saturated heterocycles. The summed E-state index contributed by atoms with van der Waals surface area (Å²) in [6.45, 7) is 10.2. The summed E-state index contributed by atoms with van der Waals surface area (Å²) in [6.07, 6.45) is 8.58. The Bertz CT molecular complexity index is 365. The van der Waals surface area contributed by atoms with Gasteiger partial charge in [0, 0.05) is 5.57 Å². The second-order valence-electron chi connectivity index (χ2n) is 4.01. The van der Waals surface area contributed by atoms with Gasteiger partial charge in [-0.1, -0.05) is 45.6 Å². The third kappa shape index (κ3) is 2.56. The molecule has 1 aliphatic carbocycles. The molecule has 0 aromatic rings. The summed E-state index contributed by atoms with van der Waals surface area (Å²) in [5.41, 5.74) is 2.81. The molecule has 0 fully saturated rings. The lowest BCUT2D eigenvalue weighted by Crippen LogP contribution is -2.09. The summed E-state index contributed by atoms with van der Waals surface area (Å²) in [6, 6.07) is 0. The largest absolute Gasteiger partial charge is 0.289 e. The maximum atomic E-state index is 11.5. The van der Waals surface area contributed by atoms with Crippen molar-refractivity contribution in [2.24, 2.45) is 5.92 Å². The van der Waals surface area contributed by atoms with Gasteiger partial charge in [0.2, 0.25) is 0 Å². The Morgan fingerprint density at radius 2 is 2.07 bits per heavy atom. The first-order chi connectivity index (χ1) is 7.07. The van der Waals surface area contributed by atoms with Gasteiger partial charge in [-0.05, 0) is 29.6 Å². The van der Waals surface area contributed by atoms with E-state index in [1.807, 2.05) is 12.2 Å². The molecule has 1 aliphatic rings. The summed E-state index contributed by atoms with van der Waals surface area (Å²) in [5.74, 6) is 0.442. The molecule has 1 nitrogen and oxygen atoms in total. The Morgan fingerprint density at radius 1 is 1.40 bits per heavy atom. The van der Waals surface area contributed by atoms with Crippen LogP contribution in [0, 0.1) is 5.92 Å². The Morgan fingerprint density at radius 3 is 2.60 bits per heavy atom. The van der Waals surface area contributed by atoms with Gasteiger partial charge in [-0.3, -0.25) is 4.79 Å². The van der Waals surface area contributed by atoms with Gasteiger partial charge in [0.1, 0.15) is 0 Å². The maximum Gasteiger partial charge on any atom is 0.185 e. The quantitative estimate of drug-likeness (QED) is 0.639. The molecule has 0 aliphatic heterocycles. The average molecular weight is 202 g/mol. The lowest BCUT2D eigenvalue weighted by Gasteiger charge is -2.17. The van der Waals surface area contributed by atoms with E-state index >= 15 is 0 Å². The summed E-state index contributed by atoms with van der Waals surface area (Å²) >= 11 is 0. The Labute approximate surface area is 91.9 Å². The smallest absolute Gasteiger partial charge is 0.185 e. The molecule has 0 saturated carbocycles. The van der Waals surface area contributed by atoms with Gasteiger partial charge in [0.25, 0.3) is 0 Å². The summed E-state index contributed by atoms with van der Waals surface area (Å²) < 4.78 is 0. The highest BCUT2D eigenvalue weighted by Crippen LogP contribution is 2.27. The van der Waals surface area contributed by atoms with E-state index in [0.29, 0.717) is 11.5 Å². The second-order valence-corrected chi connectivity index (χ2v) is 4.01. The molecular weight excluding hydrogens is 184 g/mol. The van der Waals surface area contributed by atoms with Crippen LogP contribution in [-0.2, 0) is 4.79 Å². The van der Waals surface area contributed by atoms with Crippen molar-refractivity contribution in [1.82, 2.24) is 0 Å². The first-order valence-corrected chi connectivity index (χ1v) is 5.40. The predicted octanol–water partition coefficient (Wildman–Crippen LogP) is 3.60. The fourth-order valence-electron chi connectivity index (χ4n) is 1.60. The molecule has 0 bridgehead atoms. The van der Waals surface area contributed by atoms with E-state index < -0.39 is 0 Å². The van der Waals surface area contributed by atoms with E-state index in [4.69, 9.17) is 0 Å². The van der Waals surface area contributed by atoms with Crippen LogP contribution in [-0.4, -0.2) is 5.78 Å². The van der Waals surface area contributed by atoms with Crippen LogP contribution in [0.15, 0.2) is 47.6 Å². The number of carbonyl (C=O) groups is 1. The fraction of sp³-hybridized carbons (Fsp3) is 0.357. The monoisotopic (exact) mass is 202 g/mol. The highest BCUT2D eigenvalue weighted by Gasteiger charge is 2.17. The Hall–Kier alpha value is -1.37. The van der Waals surface area contributed by atoms with Gasteiger partial charge in [-0.15, -0.1) is 0 Å². The van der Waals surface area contributed by atoms with Gasteiger partial charge in [-0.25, -0.2) is 0 Å². The average Bonchev–Trinajstić information content (AvgIpc) is 2.19. The first-order valence-electron chi connectivity index (χ1n) is 5.40. The van der Waals surface area contributed by atoms with E-state index in [2.05, 4.69) is 33.4 Å². The van der Waals surface area contributed by atoms with E-state index in [0.717, 1.165) is 12.0 Å². The zero-order valence-corrected chi connectivity index (χ0v) is 9.71. The lowest BCUT2D eigenvalue weighted by atomic mass is 9.86. The molecule has 0 N–H and O–H groups in total. The minimum absolute atomic E-state index is 0.0233. The Balaban J connectivity index is 3.17. The highest BCUT2D eigenvalue weighted by molar-refractivity contribution is 6.09. The van der Waals surface area contributed by atoms with Gasteiger partial charge in [-0.2, -0.15) is 0 Å². The highest BCUT2D eigenvalue weighted by atomic mass is 16.1. The predicted molar refractivity (Wildman–Crippen MR) is 64.6 cm³/mol. The van der Waals surface area contributed by atoms with Crippen LogP contribution in [0.4, 0.5) is 0 Å². The van der Waals surface area contributed by atoms with Crippen LogP contribution < -0.4 is 0 Å². The van der Waals surface area contributed by atoms with E-state index in [1.54, 1.807) is 6.08 Å². The molecule has 1 heteroatoms. The van der Waals surface area contributed by atoms with Gasteiger partial charge in [0.15, 0.2) is 5.78 Å². The summed E-state index contributed by atoms with van der Waals surface area (Å²) in [7, 11) is 0. The minimum Gasteiger partial charge on any atom is -0.289 e. The number of hydrogen-bond acceptors (Lipinski definition) is 1. The van der Waals surface area contributed by atoms with Gasteiger partial charge < -0.3 is 0 Å². The second kappa shape index (κ2) is 4.92. The van der Waals surface area contributed by atoms with Crippen molar-refractivity contribution in [1.29, 1.82) is 0 Å². The van der Waals surface area contributed by atoms with Crippen LogP contribution in [0.25, 0.3) is 0 Å². The van der Waals surface area contributed by atoms with Crippen molar-refractivity contribution in [3.8, 4) is 0 Å². The van der Waals surface area contributed by atoms with E-state index in [9.17, 15) is 4.79 Å². The van der Waals surface area contributed by atoms with Gasteiger partial charge >= 0.3 is 0 Å². The van der Waals surface area contributed by atoms with Crippen molar-refractivity contribution in [2.45, 2.75) is 27.2 Å². The third-order valence-corrected chi connectivity index (χ3v) is 2.49. The molecule has 0 unspecified atom stereocenters. The number of ketones is 1. The third-order valence-electron chi connectivity index (χ3n) is 2.49. The molecule has 1 rings (SSSR count). The standard InChI is InChI=1S/C14H18O/c1-5-6-7-13-11(4)14(15)9-8-12(13)10(2)3/h6-10H,4-5H2,1-3H3/b7-6+. The molecular formula is C14H18O. The number of carbonyl (C=O) groups excluding carboxylic acids is 1. The SMILES string of the molecule is C=C1C(=O)C=CC(C(C)C)=C1/C=C/CC. The van der Waals surface area contributed by atoms with E-state index in [1.165, 1.54) is 5.57 Å². The topological polar surface area (TPSA) is 17.1 Å². The van der Waals surface area contributed by atoms with Gasteiger partial charge in [0.05, 0.1) is 0 Å². The van der Waals surface area contributed by atoms with Crippen molar-refractivity contribution in [2.75, 3.05) is 0 Å². The molecule has 0 aromatic heterocycles. The van der Waals surface area contributed by atoms with Crippen molar-refractivity contribution in [3.63, 3.8) is 0 Å². The van der Waals surface area contributed by atoms with Crippen LogP contribution in [0.1, 0.15) is 27.2 Å². The number of rotatable bonds is 3. The molecule has 0 atom stereocenters. The van der Waals surface area contributed by atoms with Crippen molar-refractivity contribution < 1.29 is 4.79 Å². The van der Waals surface area contributed by atoms with Crippen LogP contribution in [0.3, 0.4) is 0 Å². The summed E-state index contributed by atoms with van der Waals surface area (Å²) in [5, 5.41) is 0. The molecule has 0 heterocycles. The van der Waals surface area contributed by atoms with E-state index in [-0.39, 0.29) is 5.78 Å². The normalized spacial score (nSPS) is 17.3. The summed E-state index contributed by atoms with van der Waals surface area (Å²) in [4.78, 5) is 11.5. The molecule has 0 spiro atoms. The molecule has 0 radical (unpaired) electrons. The van der Waals surface area contributed by atoms with Crippen molar-refractivity contribution in [3.05, 3.63) is 47.6 Å². The molecule has 0 aromatic carbocycles. The molecule has 80 valence electrons. The Kier molecular flexibility index (Phi) is 3.84. The zero-order valence-electron chi connectivity index (χ0n) is 9.71. The fourth-order valence-corrected chi connectivity index (χ4v) is 1.60. The van der Waals surface area contributed by atoms with Crippen LogP contribution in [0.5, 0.6) is 0 Å². The van der Waals surface area contributed by atoms with Crippen molar-refractivity contribution >= 4 is 5.78 Å². The minimum atomic E-state index is 0.0233. The molecule has 0 amide bonds. The number of allylic oxidation sites excluding steroid dienone is 7. The lowest BCUT2D eigenvalue weighted by molar-refractivity contribution is -0.111. The number of hydrogen-bond donors (Lipinski definition) is 0. The maximum absolute atomic E-state index is 11.5. The first kappa shape index (κ1) is 11.7. The van der Waals surface area contributed by atoms with Crippen LogP contribution >= 0.6 is 0 Å². The molecule has 15 heavy (non-hydrogen) atoms.